The number of nitrogens with zero attached hydrogens (tertiary/aromatic N) is 4. The number of nitrogens with one attached hydrogen (secondary N) is 1. The molecule has 0 aliphatic rings. The van der Waals surface area contributed by atoms with Gasteiger partial charge in [-0.2, -0.15) is 0 Å². The van der Waals surface area contributed by atoms with E-state index in [-0.39, 0.29) is 0 Å². The molecule has 0 fully saturated rings. The van der Waals surface area contributed by atoms with Gasteiger partial charge in [0.2, 0.25) is 0 Å². The van der Waals surface area contributed by atoms with E-state index < -0.39 is 5.82 Å². The lowest BCUT2D eigenvalue weighted by molar-refractivity contribution is 0.344. The van der Waals surface area contributed by atoms with Gasteiger partial charge in [-0.15, -0.1) is 0 Å². The van der Waals surface area contributed by atoms with Gasteiger partial charge in [0, 0.05) is 41.7 Å². The number of fused-ring (bicyclic) bond motifs is 1. The maximum atomic E-state index is 14.1. The predicted molar refractivity (Wildman–Crippen MR) is 114 cm³/mol. The summed E-state index contributed by atoms with van der Waals surface area (Å²) in [6, 6.07) is 9.98. The van der Waals surface area contributed by atoms with Crippen molar-refractivity contribution in [3.05, 3.63) is 66.0 Å². The number of aromatic nitrogens is 4. The minimum absolute atomic E-state index is 0.293. The van der Waals surface area contributed by atoms with Gasteiger partial charge in [-0.25, -0.2) is 19.3 Å². The van der Waals surface area contributed by atoms with Crippen molar-refractivity contribution >= 4 is 45.8 Å². The molecular weight excluding hydrogens is 413 g/mol. The minimum atomic E-state index is -0.450. The Balaban J connectivity index is 1.45. The van der Waals surface area contributed by atoms with Gasteiger partial charge < -0.3 is 14.6 Å². The number of aryl methyl sites for hydroxylation is 1. The highest BCUT2D eigenvalue weighted by atomic mass is 35.5. The topological polar surface area (TPSA) is 64.9 Å². The van der Waals surface area contributed by atoms with Crippen molar-refractivity contribution < 1.29 is 9.13 Å². The maximum absolute atomic E-state index is 14.1. The SMILES string of the molecule is Cn1ccnc1SCCOc1ccc2c(Nc3ccc(Cl)cc3F)ncnc2c1. The molecule has 0 bridgehead atoms. The van der Waals surface area contributed by atoms with Crippen molar-refractivity contribution in [3.63, 3.8) is 0 Å². The van der Waals surface area contributed by atoms with Gasteiger partial charge in [-0.3, -0.25) is 0 Å². The summed E-state index contributed by atoms with van der Waals surface area (Å²) < 4.78 is 21.9. The molecule has 0 saturated heterocycles. The number of ether oxygens (including phenoxy) is 1. The fourth-order valence-electron chi connectivity index (χ4n) is 2.73. The second-order valence-electron chi connectivity index (χ2n) is 6.17. The Kier molecular flexibility index (Phi) is 5.82. The highest BCUT2D eigenvalue weighted by molar-refractivity contribution is 7.99. The third kappa shape index (κ3) is 4.60. The molecular formula is C20H17ClFN5OS. The number of imidazole rings is 1. The second kappa shape index (κ2) is 8.67. The Hall–Kier alpha value is -2.84. The van der Waals surface area contributed by atoms with E-state index in [4.69, 9.17) is 16.3 Å². The molecule has 2 aromatic carbocycles. The van der Waals surface area contributed by atoms with E-state index >= 15 is 0 Å². The average molecular weight is 430 g/mol. The highest BCUT2D eigenvalue weighted by Crippen LogP contribution is 2.28. The zero-order valence-corrected chi connectivity index (χ0v) is 17.0. The van der Waals surface area contributed by atoms with Crippen molar-refractivity contribution in [2.24, 2.45) is 7.05 Å². The summed E-state index contributed by atoms with van der Waals surface area (Å²) >= 11 is 7.44. The second-order valence-corrected chi connectivity index (χ2v) is 7.67. The first-order valence-electron chi connectivity index (χ1n) is 8.80. The molecule has 4 rings (SSSR count). The molecule has 0 aliphatic heterocycles. The Morgan fingerprint density at radius 1 is 1.17 bits per heavy atom. The van der Waals surface area contributed by atoms with Crippen molar-refractivity contribution in [1.29, 1.82) is 0 Å². The first kappa shape index (κ1) is 19.5. The lowest BCUT2D eigenvalue weighted by atomic mass is 10.2. The average Bonchev–Trinajstić information content (AvgIpc) is 3.12. The molecule has 148 valence electrons. The quantitative estimate of drug-likeness (QED) is 0.327. The van der Waals surface area contributed by atoms with Crippen LogP contribution < -0.4 is 10.1 Å². The summed E-state index contributed by atoms with van der Waals surface area (Å²) in [4.78, 5) is 12.8. The van der Waals surface area contributed by atoms with Gasteiger partial charge in [0.05, 0.1) is 17.8 Å². The predicted octanol–water partition coefficient (Wildman–Crippen LogP) is 5.07. The van der Waals surface area contributed by atoms with Crippen molar-refractivity contribution in [3.8, 4) is 5.75 Å². The Bertz CT molecular complexity index is 1150. The number of benzene rings is 2. The van der Waals surface area contributed by atoms with Gasteiger partial charge in [0.1, 0.15) is 23.7 Å². The first-order valence-corrected chi connectivity index (χ1v) is 10.2. The van der Waals surface area contributed by atoms with Crippen molar-refractivity contribution in [2.75, 3.05) is 17.7 Å². The summed E-state index contributed by atoms with van der Waals surface area (Å²) in [7, 11) is 1.96. The molecule has 0 saturated carbocycles. The van der Waals surface area contributed by atoms with E-state index in [9.17, 15) is 4.39 Å². The number of anilines is 2. The van der Waals surface area contributed by atoms with Crippen LogP contribution in [0.25, 0.3) is 10.9 Å². The number of hydrogen-bond acceptors (Lipinski definition) is 6. The zero-order chi connectivity index (χ0) is 20.2. The van der Waals surface area contributed by atoms with E-state index in [1.807, 2.05) is 36.0 Å². The third-order valence-electron chi connectivity index (χ3n) is 4.15. The molecule has 0 unspecified atom stereocenters. The third-order valence-corrected chi connectivity index (χ3v) is 5.41. The monoisotopic (exact) mass is 429 g/mol. The molecule has 2 heterocycles. The molecule has 4 aromatic rings. The van der Waals surface area contributed by atoms with Crippen LogP contribution in [0, 0.1) is 5.82 Å². The largest absolute Gasteiger partial charge is 0.493 e. The summed E-state index contributed by atoms with van der Waals surface area (Å²) in [6.45, 7) is 0.537. The molecule has 29 heavy (non-hydrogen) atoms. The molecule has 0 amide bonds. The van der Waals surface area contributed by atoms with E-state index in [0.29, 0.717) is 34.4 Å². The number of rotatable bonds is 7. The summed E-state index contributed by atoms with van der Waals surface area (Å²) in [5.41, 5.74) is 0.993. The van der Waals surface area contributed by atoms with Crippen LogP contribution in [0.3, 0.4) is 0 Å². The van der Waals surface area contributed by atoms with Gasteiger partial charge in [0.25, 0.3) is 0 Å². The lowest BCUT2D eigenvalue weighted by Gasteiger charge is -2.11. The van der Waals surface area contributed by atoms with Crippen LogP contribution in [0.5, 0.6) is 5.75 Å². The molecule has 0 spiro atoms. The van der Waals surface area contributed by atoms with Crippen LogP contribution in [0.15, 0.2) is 60.3 Å². The lowest BCUT2D eigenvalue weighted by Crippen LogP contribution is -2.02. The minimum Gasteiger partial charge on any atom is -0.493 e. The van der Waals surface area contributed by atoms with Crippen LogP contribution in [-0.2, 0) is 7.05 Å². The molecule has 6 nitrogen and oxygen atoms in total. The van der Waals surface area contributed by atoms with E-state index in [2.05, 4.69) is 20.3 Å². The van der Waals surface area contributed by atoms with Gasteiger partial charge in [-0.05, 0) is 30.3 Å². The van der Waals surface area contributed by atoms with Crippen LogP contribution in [-0.4, -0.2) is 31.9 Å². The summed E-state index contributed by atoms with van der Waals surface area (Å²) in [6.07, 6.45) is 5.11. The fourth-order valence-corrected chi connectivity index (χ4v) is 3.64. The number of thioether (sulfide) groups is 1. The number of halogens is 2. The Morgan fingerprint density at radius 2 is 2.07 bits per heavy atom. The fraction of sp³-hybridized carbons (Fsp3) is 0.150. The van der Waals surface area contributed by atoms with Crippen LogP contribution in [0.1, 0.15) is 0 Å². The van der Waals surface area contributed by atoms with Gasteiger partial charge in [0.15, 0.2) is 5.16 Å². The van der Waals surface area contributed by atoms with Crippen LogP contribution in [0.2, 0.25) is 5.02 Å². The van der Waals surface area contributed by atoms with Crippen molar-refractivity contribution in [1.82, 2.24) is 19.5 Å². The molecule has 2 aromatic heterocycles. The van der Waals surface area contributed by atoms with E-state index in [1.165, 1.54) is 12.4 Å². The Labute approximate surface area is 176 Å². The van der Waals surface area contributed by atoms with Gasteiger partial charge >= 0.3 is 0 Å². The summed E-state index contributed by atoms with van der Waals surface area (Å²) in [5.74, 6) is 1.54. The molecule has 9 heteroatoms. The molecule has 0 radical (unpaired) electrons. The Morgan fingerprint density at radius 3 is 2.86 bits per heavy atom. The zero-order valence-electron chi connectivity index (χ0n) is 15.5. The van der Waals surface area contributed by atoms with Crippen molar-refractivity contribution in [2.45, 2.75) is 5.16 Å². The normalized spacial score (nSPS) is 11.0. The van der Waals surface area contributed by atoms with Crippen LogP contribution >= 0.6 is 23.4 Å². The molecule has 1 N–H and O–H groups in total. The first-order chi connectivity index (χ1) is 14.1. The van der Waals surface area contributed by atoms with Crippen LogP contribution in [0.4, 0.5) is 15.9 Å². The molecule has 0 aliphatic carbocycles. The maximum Gasteiger partial charge on any atom is 0.167 e. The number of hydrogen-bond donors (Lipinski definition) is 1. The van der Waals surface area contributed by atoms with E-state index in [0.717, 1.165) is 16.3 Å². The smallest absolute Gasteiger partial charge is 0.167 e. The standard InChI is InChI=1S/C20H17ClFN5OS/c1-27-7-6-23-20(27)29-9-8-28-14-3-4-15-18(11-14)24-12-25-19(15)26-17-5-2-13(21)10-16(17)22/h2-7,10-12H,8-9H2,1H3,(H,24,25,26). The molecule has 0 atom stereocenters. The van der Waals surface area contributed by atoms with Gasteiger partial charge in [-0.1, -0.05) is 23.4 Å². The van der Waals surface area contributed by atoms with E-state index in [1.54, 1.807) is 30.1 Å². The summed E-state index contributed by atoms with van der Waals surface area (Å²) in [5, 5.41) is 5.04. The highest BCUT2D eigenvalue weighted by Gasteiger charge is 2.09.